The molecule has 2 aromatic heterocycles. The molecule has 0 aliphatic heterocycles. The molecule has 0 saturated carbocycles. The summed E-state index contributed by atoms with van der Waals surface area (Å²) in [5.74, 6) is 0.260. The molecule has 0 unspecified atom stereocenters. The number of aryl methyl sites for hydroxylation is 1. The van der Waals surface area contributed by atoms with Gasteiger partial charge in [-0.1, -0.05) is 0 Å². The second-order valence-electron chi connectivity index (χ2n) is 4.76. The van der Waals surface area contributed by atoms with Crippen molar-refractivity contribution < 1.29 is 5.11 Å². The van der Waals surface area contributed by atoms with Crippen LogP contribution in [0.3, 0.4) is 0 Å². The van der Waals surface area contributed by atoms with Gasteiger partial charge >= 0.3 is 0 Å². The lowest BCUT2D eigenvalue weighted by Crippen LogP contribution is -1.99. The lowest BCUT2D eigenvalue weighted by molar-refractivity contribution is 0.475. The van der Waals surface area contributed by atoms with Crippen molar-refractivity contribution in [3.05, 3.63) is 59.9 Å². The Morgan fingerprint density at radius 1 is 1.10 bits per heavy atom. The zero-order chi connectivity index (χ0) is 14.8. The number of hydrogen-bond donors (Lipinski definition) is 1. The number of benzene rings is 1. The van der Waals surface area contributed by atoms with Crippen molar-refractivity contribution in [2.24, 2.45) is 5.10 Å². The van der Waals surface area contributed by atoms with Crippen molar-refractivity contribution >= 4 is 6.21 Å². The zero-order valence-electron chi connectivity index (χ0n) is 11.8. The summed E-state index contributed by atoms with van der Waals surface area (Å²) in [4.78, 5) is 0. The fourth-order valence-electron chi connectivity index (χ4n) is 2.30. The molecule has 0 bridgehead atoms. The van der Waals surface area contributed by atoms with Crippen molar-refractivity contribution in [2.75, 3.05) is 0 Å². The van der Waals surface area contributed by atoms with Crippen LogP contribution in [0.5, 0.6) is 5.75 Å². The number of phenolic OH excluding ortho intramolecular Hbond substituents is 1. The summed E-state index contributed by atoms with van der Waals surface area (Å²) in [6, 6.07) is 9.19. The molecular formula is C15H15N5O. The number of hydrogen-bond acceptors (Lipinski definition) is 4. The second-order valence-corrected chi connectivity index (χ2v) is 4.76. The molecule has 2 heterocycles. The van der Waals surface area contributed by atoms with E-state index in [1.807, 2.05) is 26.0 Å². The largest absolute Gasteiger partial charge is 0.508 e. The molecule has 106 valence electrons. The molecule has 0 aliphatic carbocycles. The summed E-state index contributed by atoms with van der Waals surface area (Å²) in [5.41, 5.74) is 4.21. The predicted octanol–water partition coefficient (Wildman–Crippen LogP) is 2.27. The molecule has 0 fully saturated rings. The predicted molar refractivity (Wildman–Crippen MR) is 79.9 cm³/mol. The summed E-state index contributed by atoms with van der Waals surface area (Å²) in [5, 5.41) is 21.1. The van der Waals surface area contributed by atoms with E-state index in [1.54, 1.807) is 23.0 Å². The molecule has 6 heteroatoms. The van der Waals surface area contributed by atoms with E-state index in [9.17, 15) is 5.11 Å². The number of nitrogens with zero attached hydrogens (tertiary/aromatic N) is 5. The Bertz CT molecular complexity index is 769. The molecule has 6 nitrogen and oxygen atoms in total. The Hall–Kier alpha value is -2.89. The van der Waals surface area contributed by atoms with Gasteiger partial charge in [-0.15, -0.1) is 10.2 Å². The fraction of sp³-hybridized carbons (Fsp3) is 0.133. The first-order valence-electron chi connectivity index (χ1n) is 6.52. The molecule has 0 amide bonds. The first-order valence-corrected chi connectivity index (χ1v) is 6.52. The number of phenols is 1. The minimum Gasteiger partial charge on any atom is -0.508 e. The first kappa shape index (κ1) is 13.1. The van der Waals surface area contributed by atoms with Gasteiger partial charge in [0.2, 0.25) is 0 Å². The molecule has 3 aromatic rings. The van der Waals surface area contributed by atoms with Gasteiger partial charge in [-0.05, 0) is 44.2 Å². The SMILES string of the molecule is Cc1cc(/C=N/n2cnnc2)c(C)n1-c1ccc(O)cc1. The van der Waals surface area contributed by atoms with Gasteiger partial charge < -0.3 is 9.67 Å². The molecule has 0 atom stereocenters. The summed E-state index contributed by atoms with van der Waals surface area (Å²) >= 11 is 0. The van der Waals surface area contributed by atoms with Crippen LogP contribution in [0.4, 0.5) is 0 Å². The van der Waals surface area contributed by atoms with Crippen molar-refractivity contribution in [2.45, 2.75) is 13.8 Å². The van der Waals surface area contributed by atoms with Crippen LogP contribution in [0.25, 0.3) is 5.69 Å². The molecule has 0 radical (unpaired) electrons. The van der Waals surface area contributed by atoms with E-state index in [0.29, 0.717) is 0 Å². The summed E-state index contributed by atoms with van der Waals surface area (Å²) in [6.07, 6.45) is 4.86. The van der Waals surface area contributed by atoms with E-state index in [0.717, 1.165) is 22.6 Å². The van der Waals surface area contributed by atoms with Gasteiger partial charge in [0.15, 0.2) is 0 Å². The smallest absolute Gasteiger partial charge is 0.141 e. The first-order chi connectivity index (χ1) is 10.1. The average Bonchev–Trinajstić information content (AvgIpc) is 3.07. The van der Waals surface area contributed by atoms with Gasteiger partial charge in [0.1, 0.15) is 18.4 Å². The van der Waals surface area contributed by atoms with Crippen molar-refractivity contribution in [3.63, 3.8) is 0 Å². The zero-order valence-corrected chi connectivity index (χ0v) is 11.8. The maximum Gasteiger partial charge on any atom is 0.141 e. The van der Waals surface area contributed by atoms with Crippen LogP contribution in [0.2, 0.25) is 0 Å². The number of aromatic hydroxyl groups is 1. The minimum atomic E-state index is 0.260. The van der Waals surface area contributed by atoms with Gasteiger partial charge in [0, 0.05) is 22.6 Å². The van der Waals surface area contributed by atoms with Crippen LogP contribution >= 0.6 is 0 Å². The van der Waals surface area contributed by atoms with E-state index in [4.69, 9.17) is 0 Å². The number of rotatable bonds is 3. The van der Waals surface area contributed by atoms with Crippen LogP contribution in [-0.4, -0.2) is 30.8 Å². The Balaban J connectivity index is 1.98. The minimum absolute atomic E-state index is 0.260. The molecule has 1 aromatic carbocycles. The van der Waals surface area contributed by atoms with E-state index < -0.39 is 0 Å². The highest BCUT2D eigenvalue weighted by atomic mass is 16.3. The lowest BCUT2D eigenvalue weighted by Gasteiger charge is -2.09. The Labute approximate surface area is 122 Å². The fourth-order valence-corrected chi connectivity index (χ4v) is 2.30. The van der Waals surface area contributed by atoms with E-state index >= 15 is 0 Å². The second kappa shape index (κ2) is 5.24. The molecule has 0 saturated heterocycles. The van der Waals surface area contributed by atoms with Crippen LogP contribution in [0.1, 0.15) is 17.0 Å². The quantitative estimate of drug-likeness (QED) is 0.749. The molecule has 0 aliphatic rings. The number of aromatic nitrogens is 4. The lowest BCUT2D eigenvalue weighted by atomic mass is 10.2. The average molecular weight is 281 g/mol. The van der Waals surface area contributed by atoms with E-state index in [2.05, 4.69) is 25.9 Å². The standard InChI is InChI=1S/C15H15N5O/c1-11-7-13(8-18-19-9-16-17-10-19)12(2)20(11)14-3-5-15(21)6-4-14/h3-10,21H,1-2H3/b18-8+. The Kier molecular flexibility index (Phi) is 3.27. The monoisotopic (exact) mass is 281 g/mol. The van der Waals surface area contributed by atoms with E-state index in [1.165, 1.54) is 12.7 Å². The third kappa shape index (κ3) is 2.55. The highest BCUT2D eigenvalue weighted by molar-refractivity contribution is 5.82. The maximum atomic E-state index is 9.39. The summed E-state index contributed by atoms with van der Waals surface area (Å²) < 4.78 is 3.67. The van der Waals surface area contributed by atoms with Gasteiger partial charge in [-0.3, -0.25) is 0 Å². The van der Waals surface area contributed by atoms with Gasteiger partial charge in [-0.2, -0.15) is 5.10 Å². The third-order valence-electron chi connectivity index (χ3n) is 3.31. The van der Waals surface area contributed by atoms with Gasteiger partial charge in [0.25, 0.3) is 0 Å². The molecular weight excluding hydrogens is 266 g/mol. The van der Waals surface area contributed by atoms with Crippen molar-refractivity contribution in [3.8, 4) is 11.4 Å². The summed E-state index contributed by atoms with van der Waals surface area (Å²) in [6.45, 7) is 4.07. The Morgan fingerprint density at radius 3 is 2.43 bits per heavy atom. The molecule has 1 N–H and O–H groups in total. The van der Waals surface area contributed by atoms with Crippen LogP contribution < -0.4 is 0 Å². The van der Waals surface area contributed by atoms with Crippen LogP contribution in [0, 0.1) is 13.8 Å². The van der Waals surface area contributed by atoms with Crippen molar-refractivity contribution in [1.82, 2.24) is 19.4 Å². The molecule has 21 heavy (non-hydrogen) atoms. The topological polar surface area (TPSA) is 68.2 Å². The third-order valence-corrected chi connectivity index (χ3v) is 3.31. The normalized spacial score (nSPS) is 11.3. The van der Waals surface area contributed by atoms with Crippen molar-refractivity contribution in [1.29, 1.82) is 0 Å². The maximum absolute atomic E-state index is 9.39. The highest BCUT2D eigenvalue weighted by Gasteiger charge is 2.09. The molecule has 0 spiro atoms. The van der Waals surface area contributed by atoms with Gasteiger partial charge in [-0.25, -0.2) is 4.68 Å². The van der Waals surface area contributed by atoms with E-state index in [-0.39, 0.29) is 5.75 Å². The van der Waals surface area contributed by atoms with Gasteiger partial charge in [0.05, 0.1) is 6.21 Å². The Morgan fingerprint density at radius 2 is 1.76 bits per heavy atom. The van der Waals surface area contributed by atoms with Crippen LogP contribution in [0.15, 0.2) is 48.1 Å². The molecule has 3 rings (SSSR count). The highest BCUT2D eigenvalue weighted by Crippen LogP contribution is 2.21. The van der Waals surface area contributed by atoms with Crippen LogP contribution in [-0.2, 0) is 0 Å². The summed E-state index contributed by atoms with van der Waals surface area (Å²) in [7, 11) is 0.